The van der Waals surface area contributed by atoms with E-state index in [1.54, 1.807) is 6.92 Å². The Balaban J connectivity index is 3.03. The Labute approximate surface area is 103 Å². The minimum Gasteiger partial charge on any atom is -0.346 e. The number of rotatable bonds is 4. The van der Waals surface area contributed by atoms with Gasteiger partial charge in [-0.2, -0.15) is 0 Å². The molecule has 0 saturated heterocycles. The molecule has 0 aromatic heterocycles. The number of primary sulfonamides is 1. The number of hydrogen-bond acceptors (Lipinski definition) is 3. The summed E-state index contributed by atoms with van der Waals surface area (Å²) in [6.45, 7) is 0.774. The SMILES string of the molecule is Cc1cc(C(=O)NCC(F)F)cc(S(N)(=O)=O)c1. The van der Waals surface area contributed by atoms with Crippen molar-refractivity contribution in [3.05, 3.63) is 29.3 Å². The van der Waals surface area contributed by atoms with E-state index < -0.39 is 28.9 Å². The lowest BCUT2D eigenvalue weighted by Gasteiger charge is -2.07. The summed E-state index contributed by atoms with van der Waals surface area (Å²) in [4.78, 5) is 11.3. The zero-order chi connectivity index (χ0) is 13.9. The molecule has 5 nitrogen and oxygen atoms in total. The summed E-state index contributed by atoms with van der Waals surface area (Å²) in [5.74, 6) is -0.774. The Hall–Kier alpha value is -1.54. The highest BCUT2D eigenvalue weighted by atomic mass is 32.2. The molecule has 18 heavy (non-hydrogen) atoms. The van der Waals surface area contributed by atoms with Gasteiger partial charge in [-0.3, -0.25) is 4.79 Å². The van der Waals surface area contributed by atoms with Gasteiger partial charge in [-0.25, -0.2) is 22.3 Å². The predicted molar refractivity (Wildman–Crippen MR) is 60.9 cm³/mol. The molecular formula is C10H12F2N2O3S. The zero-order valence-electron chi connectivity index (χ0n) is 9.48. The molecule has 8 heteroatoms. The van der Waals surface area contributed by atoms with Gasteiger partial charge in [-0.15, -0.1) is 0 Å². The lowest BCUT2D eigenvalue weighted by atomic mass is 10.1. The first-order valence-electron chi connectivity index (χ1n) is 4.91. The van der Waals surface area contributed by atoms with Crippen molar-refractivity contribution in [2.75, 3.05) is 6.54 Å². The van der Waals surface area contributed by atoms with Gasteiger partial charge in [0.1, 0.15) is 0 Å². The molecule has 1 aromatic rings. The molecule has 0 aliphatic rings. The van der Waals surface area contributed by atoms with Crippen molar-refractivity contribution < 1.29 is 22.0 Å². The van der Waals surface area contributed by atoms with Crippen LogP contribution in [0.15, 0.2) is 23.1 Å². The number of aryl methyl sites for hydroxylation is 1. The molecule has 0 aliphatic heterocycles. The van der Waals surface area contributed by atoms with Gasteiger partial charge in [0.25, 0.3) is 12.3 Å². The summed E-state index contributed by atoms with van der Waals surface area (Å²) in [6.07, 6.45) is -2.67. The smallest absolute Gasteiger partial charge is 0.255 e. The molecule has 1 aromatic carbocycles. The van der Waals surface area contributed by atoms with Crippen LogP contribution in [0.5, 0.6) is 0 Å². The van der Waals surface area contributed by atoms with E-state index in [-0.39, 0.29) is 10.5 Å². The van der Waals surface area contributed by atoms with Gasteiger partial charge < -0.3 is 5.32 Å². The molecule has 0 unspecified atom stereocenters. The maximum atomic E-state index is 11.9. The molecule has 1 amide bonds. The third-order valence-electron chi connectivity index (χ3n) is 2.06. The lowest BCUT2D eigenvalue weighted by molar-refractivity contribution is 0.0891. The third kappa shape index (κ3) is 4.04. The predicted octanol–water partition coefficient (Wildman–Crippen LogP) is 0.637. The minimum atomic E-state index is -3.94. The average Bonchev–Trinajstić information content (AvgIpc) is 2.23. The zero-order valence-corrected chi connectivity index (χ0v) is 10.3. The highest BCUT2D eigenvalue weighted by molar-refractivity contribution is 7.89. The molecule has 0 spiro atoms. The fraction of sp³-hybridized carbons (Fsp3) is 0.300. The first kappa shape index (κ1) is 14.5. The Kier molecular flexibility index (Phi) is 4.36. The molecule has 0 radical (unpaired) electrons. The second-order valence-electron chi connectivity index (χ2n) is 3.68. The van der Waals surface area contributed by atoms with Crippen LogP contribution in [-0.4, -0.2) is 27.3 Å². The maximum Gasteiger partial charge on any atom is 0.255 e. The van der Waals surface area contributed by atoms with Crippen molar-refractivity contribution in [1.29, 1.82) is 0 Å². The first-order chi connectivity index (χ1) is 8.20. The van der Waals surface area contributed by atoms with Crippen LogP contribution in [0, 0.1) is 6.92 Å². The molecule has 0 fully saturated rings. The summed E-state index contributed by atoms with van der Waals surface area (Å²) in [5.41, 5.74) is 0.461. The van der Waals surface area contributed by atoms with Crippen LogP contribution in [0.1, 0.15) is 15.9 Å². The van der Waals surface area contributed by atoms with Crippen molar-refractivity contribution in [3.63, 3.8) is 0 Å². The fourth-order valence-electron chi connectivity index (χ4n) is 1.32. The number of benzene rings is 1. The van der Waals surface area contributed by atoms with Crippen LogP contribution in [0.3, 0.4) is 0 Å². The Bertz CT molecular complexity index is 558. The summed E-state index contributed by atoms with van der Waals surface area (Å²) >= 11 is 0. The van der Waals surface area contributed by atoms with Gasteiger partial charge in [-0.1, -0.05) is 0 Å². The van der Waals surface area contributed by atoms with Crippen molar-refractivity contribution >= 4 is 15.9 Å². The van der Waals surface area contributed by atoms with E-state index in [2.05, 4.69) is 0 Å². The van der Waals surface area contributed by atoms with Crippen LogP contribution < -0.4 is 10.5 Å². The highest BCUT2D eigenvalue weighted by Crippen LogP contribution is 2.13. The molecule has 3 N–H and O–H groups in total. The van der Waals surface area contributed by atoms with E-state index in [4.69, 9.17) is 5.14 Å². The third-order valence-corrected chi connectivity index (χ3v) is 2.95. The van der Waals surface area contributed by atoms with Crippen LogP contribution >= 0.6 is 0 Å². The van der Waals surface area contributed by atoms with Gasteiger partial charge in [0.2, 0.25) is 10.0 Å². The highest BCUT2D eigenvalue weighted by Gasteiger charge is 2.14. The Morgan fingerprint density at radius 1 is 1.39 bits per heavy atom. The quantitative estimate of drug-likeness (QED) is 0.846. The van der Waals surface area contributed by atoms with Gasteiger partial charge in [-0.05, 0) is 30.7 Å². The van der Waals surface area contributed by atoms with E-state index >= 15 is 0 Å². The van der Waals surface area contributed by atoms with Crippen molar-refractivity contribution in [1.82, 2.24) is 5.32 Å². The van der Waals surface area contributed by atoms with Crippen molar-refractivity contribution in [3.8, 4) is 0 Å². The fourth-order valence-corrected chi connectivity index (χ4v) is 1.96. The number of carbonyl (C=O) groups is 1. The molecular weight excluding hydrogens is 266 g/mol. The van der Waals surface area contributed by atoms with E-state index in [0.717, 1.165) is 6.07 Å². The van der Waals surface area contributed by atoms with Gasteiger partial charge in [0.05, 0.1) is 11.4 Å². The monoisotopic (exact) mass is 278 g/mol. The molecule has 1 rings (SSSR count). The largest absolute Gasteiger partial charge is 0.346 e. The Morgan fingerprint density at radius 2 is 2.00 bits per heavy atom. The lowest BCUT2D eigenvalue weighted by Crippen LogP contribution is -2.28. The standard InChI is InChI=1S/C10H12F2N2O3S/c1-6-2-7(10(15)14-5-9(11)12)4-8(3-6)18(13,16)17/h2-4,9H,5H2,1H3,(H,14,15)(H2,13,16,17). The van der Waals surface area contributed by atoms with Crippen molar-refractivity contribution in [2.45, 2.75) is 18.2 Å². The number of nitrogens with one attached hydrogen (secondary N) is 1. The van der Waals surface area contributed by atoms with E-state index in [1.165, 1.54) is 12.1 Å². The average molecular weight is 278 g/mol. The molecule has 0 bridgehead atoms. The number of alkyl halides is 2. The number of amides is 1. The number of hydrogen-bond donors (Lipinski definition) is 2. The summed E-state index contributed by atoms with van der Waals surface area (Å²) in [5, 5.41) is 6.92. The number of sulfonamides is 1. The van der Waals surface area contributed by atoms with E-state index in [0.29, 0.717) is 5.56 Å². The van der Waals surface area contributed by atoms with Gasteiger partial charge in [0, 0.05) is 5.56 Å². The topological polar surface area (TPSA) is 89.3 Å². The number of carbonyl (C=O) groups excluding carboxylic acids is 1. The minimum absolute atomic E-state index is 0.0281. The van der Waals surface area contributed by atoms with E-state index in [1.807, 2.05) is 5.32 Å². The maximum absolute atomic E-state index is 11.9. The van der Waals surface area contributed by atoms with Crippen LogP contribution in [0.2, 0.25) is 0 Å². The first-order valence-corrected chi connectivity index (χ1v) is 6.45. The second-order valence-corrected chi connectivity index (χ2v) is 5.24. The van der Waals surface area contributed by atoms with Crippen LogP contribution in [0.25, 0.3) is 0 Å². The van der Waals surface area contributed by atoms with Crippen LogP contribution in [-0.2, 0) is 10.0 Å². The van der Waals surface area contributed by atoms with E-state index in [9.17, 15) is 22.0 Å². The molecule has 0 aliphatic carbocycles. The second kappa shape index (κ2) is 5.40. The van der Waals surface area contributed by atoms with Crippen LogP contribution in [0.4, 0.5) is 8.78 Å². The Morgan fingerprint density at radius 3 is 2.50 bits per heavy atom. The summed E-state index contributed by atoms with van der Waals surface area (Å²) in [6, 6.07) is 3.72. The summed E-state index contributed by atoms with van der Waals surface area (Å²) < 4.78 is 46.2. The number of halogens is 2. The molecule has 100 valence electrons. The molecule has 0 heterocycles. The van der Waals surface area contributed by atoms with Crippen molar-refractivity contribution in [2.24, 2.45) is 5.14 Å². The number of nitrogens with two attached hydrogens (primary N) is 1. The van der Waals surface area contributed by atoms with Gasteiger partial charge >= 0.3 is 0 Å². The normalized spacial score (nSPS) is 11.6. The summed E-state index contributed by atoms with van der Waals surface area (Å²) in [7, 11) is -3.94. The molecule has 0 atom stereocenters. The molecule has 0 saturated carbocycles. The van der Waals surface area contributed by atoms with Gasteiger partial charge in [0.15, 0.2) is 0 Å².